The van der Waals surface area contributed by atoms with Crippen LogP contribution < -0.4 is 9.46 Å². The van der Waals surface area contributed by atoms with E-state index in [2.05, 4.69) is 24.8 Å². The number of nitrogens with zero attached hydrogens (tertiary/aromatic N) is 6. The molecule has 1 N–H and O–H groups in total. The van der Waals surface area contributed by atoms with Gasteiger partial charge in [0.05, 0.1) is 17.1 Å². The number of rotatable bonds is 7. The van der Waals surface area contributed by atoms with Crippen LogP contribution in [0.15, 0.2) is 47.9 Å². The van der Waals surface area contributed by atoms with Crippen molar-refractivity contribution in [1.29, 1.82) is 0 Å². The van der Waals surface area contributed by atoms with Crippen molar-refractivity contribution >= 4 is 15.7 Å². The largest absolute Gasteiger partial charge is 0.439 e. The van der Waals surface area contributed by atoms with Crippen LogP contribution in [0, 0.1) is 27.7 Å². The van der Waals surface area contributed by atoms with Crippen LogP contribution in [0.5, 0.6) is 11.6 Å². The van der Waals surface area contributed by atoms with Crippen molar-refractivity contribution in [3.8, 4) is 17.4 Å². The molecule has 3 heterocycles. The lowest BCUT2D eigenvalue weighted by molar-refractivity contribution is 0.461. The highest BCUT2D eigenvalue weighted by molar-refractivity contribution is 7.92. The van der Waals surface area contributed by atoms with Gasteiger partial charge in [-0.3, -0.25) is 14.0 Å². The number of anilines is 1. The number of nitrogens with one attached hydrogen (secondary N) is 1. The predicted molar refractivity (Wildman–Crippen MR) is 123 cm³/mol. The molecule has 0 fully saturated rings. The van der Waals surface area contributed by atoms with Gasteiger partial charge in [-0.1, -0.05) is 0 Å². The number of ether oxygens (including phenoxy) is 1. The second kappa shape index (κ2) is 8.66. The van der Waals surface area contributed by atoms with Gasteiger partial charge in [0.15, 0.2) is 0 Å². The van der Waals surface area contributed by atoms with E-state index in [1.165, 1.54) is 6.33 Å². The molecule has 0 atom stereocenters. The summed E-state index contributed by atoms with van der Waals surface area (Å²) in [7, 11) is -3.78. The Kier molecular flexibility index (Phi) is 5.90. The molecule has 0 saturated heterocycles. The summed E-state index contributed by atoms with van der Waals surface area (Å²) in [5, 5.41) is 4.29. The lowest BCUT2D eigenvalue weighted by atomic mass is 10.3. The Bertz CT molecular complexity index is 1410. The van der Waals surface area contributed by atoms with Crippen molar-refractivity contribution in [3.63, 3.8) is 0 Å². The zero-order valence-electron chi connectivity index (χ0n) is 19.1. The molecular formula is C22H25N7O3S. The number of sulfonamides is 1. The Hall–Kier alpha value is -3.73. The summed E-state index contributed by atoms with van der Waals surface area (Å²) < 4.78 is 37.8. The molecular weight excluding hydrogens is 442 g/mol. The zero-order valence-corrected chi connectivity index (χ0v) is 19.9. The van der Waals surface area contributed by atoms with Crippen LogP contribution in [0.2, 0.25) is 0 Å². The fourth-order valence-electron chi connectivity index (χ4n) is 3.54. The quantitative estimate of drug-likeness (QED) is 0.440. The number of benzene rings is 1. The molecule has 0 aliphatic rings. The van der Waals surface area contributed by atoms with Gasteiger partial charge in [0.25, 0.3) is 10.0 Å². The molecule has 4 rings (SSSR count). The summed E-state index contributed by atoms with van der Waals surface area (Å²) in [6.07, 6.45) is 3.12. The van der Waals surface area contributed by atoms with E-state index in [4.69, 9.17) is 4.74 Å². The first-order chi connectivity index (χ1) is 15.7. The van der Waals surface area contributed by atoms with Crippen LogP contribution in [-0.2, 0) is 16.6 Å². The molecule has 33 heavy (non-hydrogen) atoms. The van der Waals surface area contributed by atoms with Gasteiger partial charge in [-0.05, 0) is 58.9 Å². The number of aromatic nitrogens is 6. The van der Waals surface area contributed by atoms with E-state index < -0.39 is 10.0 Å². The van der Waals surface area contributed by atoms with E-state index >= 15 is 0 Å². The van der Waals surface area contributed by atoms with Crippen LogP contribution in [0.3, 0.4) is 0 Å². The van der Waals surface area contributed by atoms with Gasteiger partial charge < -0.3 is 4.74 Å². The van der Waals surface area contributed by atoms with Gasteiger partial charge in [-0.25, -0.2) is 23.4 Å². The predicted octanol–water partition coefficient (Wildman–Crippen LogP) is 3.71. The van der Waals surface area contributed by atoms with Gasteiger partial charge in [0.2, 0.25) is 5.88 Å². The standard InChI is InChI=1S/C22H25N7O3S/c1-6-29-17(5)22(15(3)26-29)33(30,31)27-18-7-9-19(10-8-18)32-21-11-20(23-12-24-21)28-13-25-14(2)16(28)4/h7-13,27H,6H2,1-5H3. The van der Waals surface area contributed by atoms with Crippen molar-refractivity contribution in [1.82, 2.24) is 29.3 Å². The first-order valence-electron chi connectivity index (χ1n) is 10.4. The van der Waals surface area contributed by atoms with Crippen LogP contribution in [0.25, 0.3) is 5.82 Å². The normalized spacial score (nSPS) is 11.5. The Balaban J connectivity index is 1.51. The Labute approximate surface area is 192 Å². The summed E-state index contributed by atoms with van der Waals surface area (Å²) in [4.78, 5) is 12.9. The summed E-state index contributed by atoms with van der Waals surface area (Å²) in [6.45, 7) is 9.84. The minimum atomic E-state index is -3.78. The number of aryl methyl sites for hydroxylation is 3. The first kappa shape index (κ1) is 22.5. The van der Waals surface area contributed by atoms with Gasteiger partial charge in [-0.15, -0.1) is 0 Å². The molecule has 0 radical (unpaired) electrons. The molecule has 11 heteroatoms. The fourth-order valence-corrected chi connectivity index (χ4v) is 5.01. The molecule has 4 aromatic rings. The highest BCUT2D eigenvalue weighted by Gasteiger charge is 2.24. The van der Waals surface area contributed by atoms with E-state index in [0.29, 0.717) is 41.1 Å². The minimum Gasteiger partial charge on any atom is -0.439 e. The summed E-state index contributed by atoms with van der Waals surface area (Å²) >= 11 is 0. The molecule has 0 spiro atoms. The molecule has 10 nitrogen and oxygen atoms in total. The second-order valence-corrected chi connectivity index (χ2v) is 9.17. The van der Waals surface area contributed by atoms with Crippen molar-refractivity contribution < 1.29 is 13.2 Å². The smallest absolute Gasteiger partial charge is 0.265 e. The Morgan fingerprint density at radius 3 is 2.30 bits per heavy atom. The molecule has 1 aromatic carbocycles. The average molecular weight is 468 g/mol. The third-order valence-electron chi connectivity index (χ3n) is 5.34. The summed E-state index contributed by atoms with van der Waals surface area (Å²) in [5.41, 5.74) is 3.38. The molecule has 0 aliphatic carbocycles. The number of imidazole rings is 1. The van der Waals surface area contributed by atoms with E-state index in [-0.39, 0.29) is 4.90 Å². The molecule has 0 bridgehead atoms. The maximum Gasteiger partial charge on any atom is 0.265 e. The Morgan fingerprint density at radius 2 is 1.70 bits per heavy atom. The molecule has 0 aliphatic heterocycles. The molecule has 0 saturated carbocycles. The first-order valence-corrected chi connectivity index (χ1v) is 11.9. The lowest BCUT2D eigenvalue weighted by Gasteiger charge is -2.10. The van der Waals surface area contributed by atoms with Gasteiger partial charge >= 0.3 is 0 Å². The average Bonchev–Trinajstić information content (AvgIpc) is 3.27. The SMILES string of the molecule is CCn1nc(C)c(S(=O)(=O)Nc2ccc(Oc3cc(-n4cnc(C)c4C)ncn3)cc2)c1C. The maximum absolute atomic E-state index is 12.9. The van der Waals surface area contributed by atoms with Crippen molar-refractivity contribution in [2.45, 2.75) is 46.1 Å². The highest BCUT2D eigenvalue weighted by Crippen LogP contribution is 2.26. The van der Waals surface area contributed by atoms with Crippen LogP contribution >= 0.6 is 0 Å². The summed E-state index contributed by atoms with van der Waals surface area (Å²) in [5.74, 6) is 1.51. The molecule has 172 valence electrons. The maximum atomic E-state index is 12.9. The minimum absolute atomic E-state index is 0.197. The zero-order chi connectivity index (χ0) is 23.8. The highest BCUT2D eigenvalue weighted by atomic mass is 32.2. The van der Waals surface area contributed by atoms with Crippen molar-refractivity contribution in [2.24, 2.45) is 0 Å². The second-order valence-electron chi connectivity index (χ2n) is 7.55. The monoisotopic (exact) mass is 467 g/mol. The molecule has 3 aromatic heterocycles. The van der Waals surface area contributed by atoms with Gasteiger partial charge in [-0.2, -0.15) is 5.10 Å². The number of hydrogen-bond donors (Lipinski definition) is 1. The topological polar surface area (TPSA) is 117 Å². The summed E-state index contributed by atoms with van der Waals surface area (Å²) in [6, 6.07) is 8.31. The van der Waals surface area contributed by atoms with Crippen LogP contribution in [0.1, 0.15) is 29.7 Å². The fraction of sp³-hybridized carbons (Fsp3) is 0.273. The van der Waals surface area contributed by atoms with Crippen molar-refractivity contribution in [2.75, 3.05) is 4.72 Å². The van der Waals surface area contributed by atoms with Gasteiger partial charge in [0.1, 0.15) is 29.1 Å². The van der Waals surface area contributed by atoms with E-state index in [0.717, 1.165) is 11.4 Å². The van der Waals surface area contributed by atoms with Crippen molar-refractivity contribution in [3.05, 3.63) is 65.8 Å². The molecule has 0 unspecified atom stereocenters. The number of hydrogen-bond acceptors (Lipinski definition) is 7. The lowest BCUT2D eigenvalue weighted by Crippen LogP contribution is -2.15. The van der Waals surface area contributed by atoms with Crippen LogP contribution in [-0.4, -0.2) is 37.7 Å². The van der Waals surface area contributed by atoms with Gasteiger partial charge in [0, 0.05) is 24.0 Å². The van der Waals surface area contributed by atoms with Crippen LogP contribution in [0.4, 0.5) is 5.69 Å². The molecule has 0 amide bonds. The third-order valence-corrected chi connectivity index (χ3v) is 6.97. The van der Waals surface area contributed by atoms with E-state index in [1.807, 2.05) is 25.3 Å². The third kappa shape index (κ3) is 4.44. The van der Waals surface area contributed by atoms with E-state index in [1.54, 1.807) is 55.2 Å². The van der Waals surface area contributed by atoms with E-state index in [9.17, 15) is 8.42 Å². The Morgan fingerprint density at radius 1 is 0.970 bits per heavy atom.